The number of phenolic OH excluding ortho intramolecular Hbond substituents is 1. The van der Waals surface area contributed by atoms with Gasteiger partial charge in [0.2, 0.25) is 10.0 Å². The van der Waals surface area contributed by atoms with Crippen molar-refractivity contribution in [1.29, 1.82) is 0 Å². The van der Waals surface area contributed by atoms with Gasteiger partial charge in [-0.15, -0.1) is 0 Å². The molecule has 1 aliphatic heterocycles. The van der Waals surface area contributed by atoms with Crippen LogP contribution in [0.1, 0.15) is 29.6 Å². The zero-order valence-electron chi connectivity index (χ0n) is 14.3. The van der Waals surface area contributed by atoms with Crippen LogP contribution in [0.25, 0.3) is 0 Å². The summed E-state index contributed by atoms with van der Waals surface area (Å²) in [4.78, 5) is 12.6. The molecule has 1 fully saturated rings. The number of nitrogens with one attached hydrogen (secondary N) is 1. The van der Waals surface area contributed by atoms with Gasteiger partial charge in [0.15, 0.2) is 0 Å². The van der Waals surface area contributed by atoms with E-state index in [0.29, 0.717) is 18.1 Å². The molecule has 2 aromatic rings. The maximum Gasteiger partial charge on any atom is 0.257 e. The first-order chi connectivity index (χ1) is 12.8. The Hall–Kier alpha value is -1.80. The van der Waals surface area contributed by atoms with E-state index in [1.807, 2.05) is 0 Å². The van der Waals surface area contributed by atoms with Gasteiger partial charge < -0.3 is 10.4 Å². The smallest absolute Gasteiger partial charge is 0.257 e. The summed E-state index contributed by atoms with van der Waals surface area (Å²) in [5.74, 6) is -0.811. The zero-order valence-corrected chi connectivity index (χ0v) is 16.6. The lowest BCUT2D eigenvalue weighted by atomic mass is 10.2. The van der Waals surface area contributed by atoms with E-state index in [1.54, 1.807) is 0 Å². The summed E-state index contributed by atoms with van der Waals surface area (Å²) in [7, 11) is -3.70. The molecule has 3 rings (SSSR count). The lowest BCUT2D eigenvalue weighted by molar-refractivity contribution is 0.102. The van der Waals surface area contributed by atoms with Gasteiger partial charge in [-0.2, -0.15) is 4.31 Å². The van der Waals surface area contributed by atoms with Gasteiger partial charge in [-0.25, -0.2) is 8.42 Å². The molecule has 1 saturated heterocycles. The third-order valence-electron chi connectivity index (χ3n) is 4.34. The van der Waals surface area contributed by atoms with Gasteiger partial charge in [-0.1, -0.05) is 29.6 Å². The number of carbonyl (C=O) groups excluding carboxylic acids is 1. The number of carbonyl (C=O) groups is 1. The van der Waals surface area contributed by atoms with Crippen LogP contribution in [-0.2, 0) is 10.0 Å². The number of halogens is 2. The van der Waals surface area contributed by atoms with E-state index in [0.717, 1.165) is 19.3 Å². The molecule has 1 heterocycles. The van der Waals surface area contributed by atoms with E-state index in [4.69, 9.17) is 23.2 Å². The van der Waals surface area contributed by atoms with Crippen LogP contribution in [0.3, 0.4) is 0 Å². The van der Waals surface area contributed by atoms with Gasteiger partial charge in [-0.05, 0) is 49.2 Å². The molecule has 0 unspecified atom stereocenters. The number of sulfonamides is 1. The number of rotatable bonds is 4. The summed E-state index contributed by atoms with van der Waals surface area (Å²) in [6, 6.07) is 8.23. The number of anilines is 1. The average molecular weight is 429 g/mol. The Bertz CT molecular complexity index is 973. The number of nitrogens with zero attached hydrogens (tertiary/aromatic N) is 1. The Balaban J connectivity index is 1.91. The molecule has 0 spiro atoms. The molecule has 144 valence electrons. The van der Waals surface area contributed by atoms with Crippen molar-refractivity contribution in [2.75, 3.05) is 18.4 Å². The van der Waals surface area contributed by atoms with Gasteiger partial charge in [-0.3, -0.25) is 4.79 Å². The molecule has 6 nitrogen and oxygen atoms in total. The largest absolute Gasteiger partial charge is 0.506 e. The van der Waals surface area contributed by atoms with Gasteiger partial charge in [0.1, 0.15) is 5.75 Å². The topological polar surface area (TPSA) is 86.7 Å². The third-order valence-corrected chi connectivity index (χ3v) is 6.80. The Morgan fingerprint density at radius 2 is 1.74 bits per heavy atom. The number of hydrogen-bond acceptors (Lipinski definition) is 4. The van der Waals surface area contributed by atoms with Crippen LogP contribution in [0.4, 0.5) is 5.69 Å². The Labute approximate surface area is 167 Å². The molecule has 0 aromatic heterocycles. The van der Waals surface area contributed by atoms with Gasteiger partial charge in [0.25, 0.3) is 5.91 Å². The number of phenols is 1. The summed E-state index contributed by atoms with van der Waals surface area (Å²) in [6.45, 7) is 0.922. The van der Waals surface area contributed by atoms with E-state index in [2.05, 4.69) is 5.32 Å². The molecular weight excluding hydrogens is 411 g/mol. The van der Waals surface area contributed by atoms with Crippen molar-refractivity contribution in [2.45, 2.75) is 24.2 Å². The molecule has 1 amide bonds. The standard InChI is InChI=1S/C18H18Cl2N2O4S/c19-12-4-7-17(23)16(10-12)21-18(24)14-11-13(5-6-15(14)20)27(25,26)22-8-2-1-3-9-22/h4-7,10-11,23H,1-3,8-9H2,(H,21,24). The van der Waals surface area contributed by atoms with Crippen molar-refractivity contribution >= 4 is 44.8 Å². The first-order valence-corrected chi connectivity index (χ1v) is 10.6. The fourth-order valence-electron chi connectivity index (χ4n) is 2.89. The van der Waals surface area contributed by atoms with Crippen LogP contribution < -0.4 is 5.32 Å². The Morgan fingerprint density at radius 3 is 2.44 bits per heavy atom. The van der Waals surface area contributed by atoms with Crippen LogP contribution in [0.15, 0.2) is 41.3 Å². The van der Waals surface area contributed by atoms with Crippen molar-refractivity contribution in [3.63, 3.8) is 0 Å². The Kier molecular flexibility index (Phi) is 5.95. The molecule has 0 aliphatic carbocycles. The van der Waals surface area contributed by atoms with Crippen molar-refractivity contribution in [2.24, 2.45) is 0 Å². The van der Waals surface area contributed by atoms with Crippen LogP contribution in [-0.4, -0.2) is 36.8 Å². The van der Waals surface area contributed by atoms with Crippen molar-refractivity contribution in [3.05, 3.63) is 52.0 Å². The minimum Gasteiger partial charge on any atom is -0.506 e. The summed E-state index contributed by atoms with van der Waals surface area (Å²) in [5, 5.41) is 12.8. The molecular formula is C18H18Cl2N2O4S. The second-order valence-corrected chi connectivity index (χ2v) is 9.00. The highest BCUT2D eigenvalue weighted by atomic mass is 35.5. The minimum atomic E-state index is -3.70. The predicted molar refractivity (Wildman–Crippen MR) is 105 cm³/mol. The molecule has 27 heavy (non-hydrogen) atoms. The molecule has 9 heteroatoms. The van der Waals surface area contributed by atoms with E-state index in [1.165, 1.54) is 40.7 Å². The quantitative estimate of drug-likeness (QED) is 0.716. The van der Waals surface area contributed by atoms with E-state index in [9.17, 15) is 18.3 Å². The maximum absolute atomic E-state index is 12.8. The molecule has 0 bridgehead atoms. The van der Waals surface area contributed by atoms with Gasteiger partial charge in [0, 0.05) is 18.1 Å². The van der Waals surface area contributed by atoms with Crippen molar-refractivity contribution in [3.8, 4) is 5.75 Å². The highest BCUT2D eigenvalue weighted by molar-refractivity contribution is 7.89. The second-order valence-electron chi connectivity index (χ2n) is 6.22. The fraction of sp³-hybridized carbons (Fsp3) is 0.278. The third kappa shape index (κ3) is 4.38. The molecule has 0 atom stereocenters. The molecule has 0 radical (unpaired) electrons. The monoisotopic (exact) mass is 428 g/mol. The summed E-state index contributed by atoms with van der Waals surface area (Å²) in [5.41, 5.74) is 0.0991. The summed E-state index contributed by atoms with van der Waals surface area (Å²) >= 11 is 12.0. The first kappa shape index (κ1) is 19.9. The number of benzene rings is 2. The van der Waals surface area contributed by atoms with Gasteiger partial charge >= 0.3 is 0 Å². The highest BCUT2D eigenvalue weighted by Gasteiger charge is 2.27. The molecule has 2 N–H and O–H groups in total. The SMILES string of the molecule is O=C(Nc1cc(Cl)ccc1O)c1cc(S(=O)(=O)N2CCCCC2)ccc1Cl. The predicted octanol–water partition coefficient (Wildman–Crippen LogP) is 4.13. The summed E-state index contributed by atoms with van der Waals surface area (Å²) in [6.07, 6.45) is 2.63. The number of aromatic hydroxyl groups is 1. The van der Waals surface area contributed by atoms with Crippen molar-refractivity contribution < 1.29 is 18.3 Å². The first-order valence-electron chi connectivity index (χ1n) is 8.38. The average Bonchev–Trinajstić information content (AvgIpc) is 2.65. The fourth-order valence-corrected chi connectivity index (χ4v) is 4.81. The number of hydrogen-bond donors (Lipinski definition) is 2. The van der Waals surface area contributed by atoms with E-state index < -0.39 is 15.9 Å². The van der Waals surface area contributed by atoms with Crippen LogP contribution in [0.5, 0.6) is 5.75 Å². The number of piperidine rings is 1. The second kappa shape index (κ2) is 8.06. The normalized spacial score (nSPS) is 15.5. The maximum atomic E-state index is 12.8. The van der Waals surface area contributed by atoms with Gasteiger partial charge in [0.05, 0.1) is 21.2 Å². The number of amides is 1. The molecule has 2 aromatic carbocycles. The van der Waals surface area contributed by atoms with Crippen LogP contribution in [0.2, 0.25) is 10.0 Å². The minimum absolute atomic E-state index is 0.00544. The lowest BCUT2D eigenvalue weighted by Gasteiger charge is -2.26. The van der Waals surface area contributed by atoms with E-state index >= 15 is 0 Å². The summed E-state index contributed by atoms with van der Waals surface area (Å²) < 4.78 is 27.1. The molecule has 1 aliphatic rings. The Morgan fingerprint density at radius 1 is 1.04 bits per heavy atom. The van der Waals surface area contributed by atoms with Crippen LogP contribution >= 0.6 is 23.2 Å². The zero-order chi connectivity index (χ0) is 19.6. The highest BCUT2D eigenvalue weighted by Crippen LogP contribution is 2.29. The van der Waals surface area contributed by atoms with Crippen molar-refractivity contribution in [1.82, 2.24) is 4.31 Å². The molecule has 0 saturated carbocycles. The lowest BCUT2D eigenvalue weighted by Crippen LogP contribution is -2.35. The van der Waals surface area contributed by atoms with Crippen LogP contribution in [0, 0.1) is 0 Å². The van der Waals surface area contributed by atoms with E-state index in [-0.39, 0.29) is 26.9 Å².